The lowest BCUT2D eigenvalue weighted by molar-refractivity contribution is 0.304. The molecule has 0 unspecified atom stereocenters. The Hall–Kier alpha value is -1.93. The van der Waals surface area contributed by atoms with Gasteiger partial charge < -0.3 is 0 Å². The minimum atomic E-state index is -0.534. The van der Waals surface area contributed by atoms with Gasteiger partial charge in [0.2, 0.25) is 0 Å². The van der Waals surface area contributed by atoms with E-state index in [-0.39, 0.29) is 10.8 Å². The summed E-state index contributed by atoms with van der Waals surface area (Å²) in [5, 5.41) is 1.54. The Morgan fingerprint density at radius 3 is 2.45 bits per heavy atom. The van der Waals surface area contributed by atoms with Crippen LogP contribution in [0.3, 0.4) is 0 Å². The fourth-order valence-corrected chi connectivity index (χ4v) is 4.85. The zero-order chi connectivity index (χ0) is 20.4. The first-order chi connectivity index (χ1) is 14.1. The quantitative estimate of drug-likeness (QED) is 0.392. The van der Waals surface area contributed by atoms with E-state index < -0.39 is 5.82 Å². The molecule has 4 rings (SSSR count). The van der Waals surface area contributed by atoms with E-state index in [0.717, 1.165) is 11.3 Å². The Kier molecular flexibility index (Phi) is 6.20. The Labute approximate surface area is 176 Å². The smallest absolute Gasteiger partial charge is 0.142 e. The topological polar surface area (TPSA) is 0 Å². The molecule has 1 saturated carbocycles. The van der Waals surface area contributed by atoms with E-state index in [9.17, 15) is 4.39 Å². The van der Waals surface area contributed by atoms with Crippen molar-refractivity contribution < 1.29 is 8.78 Å². The molecule has 0 heterocycles. The molecule has 0 aromatic heterocycles. The van der Waals surface area contributed by atoms with Crippen LogP contribution in [-0.4, -0.2) is 0 Å². The van der Waals surface area contributed by atoms with E-state index in [0.29, 0.717) is 22.4 Å². The number of halogens is 3. The number of benzene rings is 3. The lowest BCUT2D eigenvalue weighted by Gasteiger charge is -2.29. The van der Waals surface area contributed by atoms with Gasteiger partial charge in [-0.2, -0.15) is 0 Å². The first kappa shape index (κ1) is 20.3. The molecule has 152 valence electrons. The predicted molar refractivity (Wildman–Crippen MR) is 119 cm³/mol. The standard InChI is InChI=1S/C26H27ClF2/c1-2-3-4-17-5-7-18(8-6-17)19-9-12-22-20(15-19)10-13-23(26(22)29)21-11-14-24(27)25(28)16-21/h9-18H,2-8H2,1H3/t17-,18-. The number of rotatable bonds is 5. The summed E-state index contributed by atoms with van der Waals surface area (Å²) in [4.78, 5) is 0. The molecular formula is C26H27ClF2. The van der Waals surface area contributed by atoms with Crippen molar-refractivity contribution in [2.24, 2.45) is 5.92 Å². The van der Waals surface area contributed by atoms with Gasteiger partial charge in [0.15, 0.2) is 0 Å². The van der Waals surface area contributed by atoms with Crippen molar-refractivity contribution in [1.29, 1.82) is 0 Å². The largest absolute Gasteiger partial charge is 0.206 e. The summed E-state index contributed by atoms with van der Waals surface area (Å²) >= 11 is 5.76. The minimum absolute atomic E-state index is 0.0454. The molecule has 29 heavy (non-hydrogen) atoms. The Bertz CT molecular complexity index is 1000. The maximum Gasteiger partial charge on any atom is 0.142 e. The van der Waals surface area contributed by atoms with Crippen LogP contribution < -0.4 is 0 Å². The molecule has 0 radical (unpaired) electrons. The van der Waals surface area contributed by atoms with Crippen molar-refractivity contribution in [3.63, 3.8) is 0 Å². The van der Waals surface area contributed by atoms with Crippen LogP contribution in [0.2, 0.25) is 5.02 Å². The van der Waals surface area contributed by atoms with Gasteiger partial charge in [-0.25, -0.2) is 8.78 Å². The molecule has 0 amide bonds. The van der Waals surface area contributed by atoms with Gasteiger partial charge in [-0.05, 0) is 66.2 Å². The molecule has 3 aromatic carbocycles. The third kappa shape index (κ3) is 4.33. The van der Waals surface area contributed by atoms with Crippen LogP contribution in [0.25, 0.3) is 21.9 Å². The van der Waals surface area contributed by atoms with Crippen LogP contribution in [0.1, 0.15) is 63.4 Å². The number of hydrogen-bond acceptors (Lipinski definition) is 0. The van der Waals surface area contributed by atoms with E-state index in [2.05, 4.69) is 19.1 Å². The fourth-order valence-electron chi connectivity index (χ4n) is 4.73. The summed E-state index contributed by atoms with van der Waals surface area (Å²) in [6.07, 6.45) is 9.04. The van der Waals surface area contributed by atoms with E-state index in [1.165, 1.54) is 62.6 Å². The molecule has 0 aliphatic heterocycles. The van der Waals surface area contributed by atoms with Crippen molar-refractivity contribution in [3.05, 3.63) is 70.8 Å². The predicted octanol–water partition coefficient (Wildman–Crippen LogP) is 8.90. The van der Waals surface area contributed by atoms with Gasteiger partial charge in [0.05, 0.1) is 5.02 Å². The van der Waals surface area contributed by atoms with Crippen LogP contribution in [-0.2, 0) is 0 Å². The number of hydrogen-bond donors (Lipinski definition) is 0. The summed E-state index contributed by atoms with van der Waals surface area (Å²) in [6.45, 7) is 2.26. The molecule has 1 aliphatic rings. The van der Waals surface area contributed by atoms with Crippen molar-refractivity contribution >= 4 is 22.4 Å². The number of fused-ring (bicyclic) bond motifs is 1. The first-order valence-corrected chi connectivity index (χ1v) is 11.1. The lowest BCUT2D eigenvalue weighted by atomic mass is 9.77. The highest BCUT2D eigenvalue weighted by Crippen LogP contribution is 2.39. The van der Waals surface area contributed by atoms with Gasteiger partial charge in [0.25, 0.3) is 0 Å². The third-order valence-electron chi connectivity index (χ3n) is 6.49. The average molecular weight is 413 g/mol. The molecule has 3 heteroatoms. The van der Waals surface area contributed by atoms with Crippen molar-refractivity contribution in [2.75, 3.05) is 0 Å². The molecule has 3 aromatic rings. The second-order valence-electron chi connectivity index (χ2n) is 8.40. The van der Waals surface area contributed by atoms with Crippen LogP contribution in [0.4, 0.5) is 8.78 Å². The molecular weight excluding hydrogens is 386 g/mol. The molecule has 0 nitrogen and oxygen atoms in total. The molecule has 0 spiro atoms. The highest BCUT2D eigenvalue weighted by Gasteiger charge is 2.22. The van der Waals surface area contributed by atoms with Crippen molar-refractivity contribution in [2.45, 2.75) is 57.8 Å². The van der Waals surface area contributed by atoms with Gasteiger partial charge in [0.1, 0.15) is 11.6 Å². The van der Waals surface area contributed by atoms with E-state index in [1.807, 2.05) is 12.1 Å². The summed E-state index contributed by atoms with van der Waals surface area (Å²) in [5.41, 5.74) is 2.22. The second kappa shape index (κ2) is 8.83. The minimum Gasteiger partial charge on any atom is -0.206 e. The fraction of sp³-hybridized carbons (Fsp3) is 0.385. The molecule has 1 fully saturated rings. The molecule has 0 atom stereocenters. The van der Waals surface area contributed by atoms with E-state index in [4.69, 9.17) is 11.6 Å². The summed E-state index contributed by atoms with van der Waals surface area (Å²) in [5.74, 6) is 0.615. The highest BCUT2D eigenvalue weighted by atomic mass is 35.5. The Morgan fingerprint density at radius 2 is 1.72 bits per heavy atom. The summed E-state index contributed by atoms with van der Waals surface area (Å²) in [7, 11) is 0. The van der Waals surface area contributed by atoms with E-state index in [1.54, 1.807) is 12.1 Å². The van der Waals surface area contributed by atoms with Gasteiger partial charge in [-0.1, -0.05) is 74.2 Å². The van der Waals surface area contributed by atoms with Crippen molar-refractivity contribution in [3.8, 4) is 11.1 Å². The van der Waals surface area contributed by atoms with Gasteiger partial charge in [-0.15, -0.1) is 0 Å². The summed E-state index contributed by atoms with van der Waals surface area (Å²) in [6, 6.07) is 14.2. The van der Waals surface area contributed by atoms with Gasteiger partial charge in [0, 0.05) is 10.9 Å². The normalized spacial score (nSPS) is 19.6. The molecule has 0 bridgehead atoms. The molecule has 0 saturated heterocycles. The van der Waals surface area contributed by atoms with Crippen LogP contribution in [0, 0.1) is 17.6 Å². The average Bonchev–Trinajstić information content (AvgIpc) is 2.75. The Morgan fingerprint density at radius 1 is 0.931 bits per heavy atom. The lowest BCUT2D eigenvalue weighted by Crippen LogP contribution is -2.13. The zero-order valence-corrected chi connectivity index (χ0v) is 17.6. The maximum atomic E-state index is 15.2. The molecule has 1 aliphatic carbocycles. The van der Waals surface area contributed by atoms with E-state index >= 15 is 4.39 Å². The highest BCUT2D eigenvalue weighted by molar-refractivity contribution is 6.30. The summed E-state index contributed by atoms with van der Waals surface area (Å²) < 4.78 is 29.0. The van der Waals surface area contributed by atoms with Crippen LogP contribution in [0.15, 0.2) is 48.5 Å². The SMILES string of the molecule is CCCC[C@H]1CC[C@H](c2ccc3c(F)c(-c4ccc(Cl)c(F)c4)ccc3c2)CC1. The zero-order valence-electron chi connectivity index (χ0n) is 16.9. The monoisotopic (exact) mass is 412 g/mol. The Balaban J connectivity index is 1.57. The number of unbranched alkanes of at least 4 members (excludes halogenated alkanes) is 1. The first-order valence-electron chi connectivity index (χ1n) is 10.7. The van der Waals surface area contributed by atoms with Gasteiger partial charge >= 0.3 is 0 Å². The maximum absolute atomic E-state index is 15.2. The van der Waals surface area contributed by atoms with Crippen LogP contribution >= 0.6 is 11.6 Å². The van der Waals surface area contributed by atoms with Gasteiger partial charge in [-0.3, -0.25) is 0 Å². The van der Waals surface area contributed by atoms with Crippen molar-refractivity contribution in [1.82, 2.24) is 0 Å². The third-order valence-corrected chi connectivity index (χ3v) is 6.80. The second-order valence-corrected chi connectivity index (χ2v) is 8.80. The molecule has 0 N–H and O–H groups in total. The van der Waals surface area contributed by atoms with Crippen LogP contribution in [0.5, 0.6) is 0 Å².